The highest BCUT2D eigenvalue weighted by Crippen LogP contribution is 2.23. The van der Waals surface area contributed by atoms with Crippen molar-refractivity contribution in [3.05, 3.63) is 28.5 Å². The van der Waals surface area contributed by atoms with Crippen molar-refractivity contribution in [2.24, 2.45) is 0 Å². The minimum Gasteiger partial charge on any atom is -0.357 e. The van der Waals surface area contributed by atoms with Gasteiger partial charge >= 0.3 is 0 Å². The Morgan fingerprint density at radius 3 is 2.40 bits per heavy atom. The first-order chi connectivity index (χ1) is 9.15. The first-order valence-corrected chi connectivity index (χ1v) is 6.73. The fourth-order valence-electron chi connectivity index (χ4n) is 1.57. The predicted octanol–water partition coefficient (Wildman–Crippen LogP) is 1.90. The molecule has 0 aliphatic heterocycles. The van der Waals surface area contributed by atoms with E-state index in [0.717, 1.165) is 5.69 Å². The Balaban J connectivity index is 2.99. The fourth-order valence-corrected chi connectivity index (χ4v) is 1.78. The molecule has 6 heteroatoms. The lowest BCUT2D eigenvalue weighted by atomic mass is 9.91. The van der Waals surface area contributed by atoms with Crippen LogP contribution >= 0.6 is 11.6 Å². The van der Waals surface area contributed by atoms with Gasteiger partial charge in [-0.1, -0.05) is 32.4 Å². The third-order valence-electron chi connectivity index (χ3n) is 2.81. The third-order valence-corrected chi connectivity index (χ3v) is 3.01. The normalized spacial score (nSPS) is 12.7. The molecule has 1 aromatic rings. The zero-order valence-corrected chi connectivity index (χ0v) is 13.1. The van der Waals surface area contributed by atoms with Crippen LogP contribution in [0.1, 0.15) is 43.7 Å². The van der Waals surface area contributed by atoms with Gasteiger partial charge in [0.1, 0.15) is 11.2 Å². The van der Waals surface area contributed by atoms with Crippen LogP contribution < -0.4 is 10.6 Å². The molecule has 1 unspecified atom stereocenters. The van der Waals surface area contributed by atoms with Gasteiger partial charge in [-0.15, -0.1) is 0 Å². The van der Waals surface area contributed by atoms with Crippen molar-refractivity contribution in [3.8, 4) is 0 Å². The number of aromatic nitrogens is 1. The molecule has 0 radical (unpaired) electrons. The highest BCUT2D eigenvalue weighted by molar-refractivity contribution is 6.29. The van der Waals surface area contributed by atoms with Gasteiger partial charge in [0.05, 0.1) is 0 Å². The smallest absolute Gasteiger partial charge is 0.252 e. The van der Waals surface area contributed by atoms with E-state index in [-0.39, 0.29) is 22.4 Å². The molecule has 0 bridgehead atoms. The molecular weight excluding hydrogens is 278 g/mol. The van der Waals surface area contributed by atoms with E-state index in [1.54, 1.807) is 13.0 Å². The van der Waals surface area contributed by atoms with Gasteiger partial charge in [0, 0.05) is 23.7 Å². The number of pyridine rings is 1. The van der Waals surface area contributed by atoms with Gasteiger partial charge in [-0.3, -0.25) is 9.59 Å². The quantitative estimate of drug-likeness (QED) is 0.837. The topological polar surface area (TPSA) is 71.1 Å². The summed E-state index contributed by atoms with van der Waals surface area (Å²) in [6, 6.07) is 2.57. The van der Waals surface area contributed by atoms with Crippen LogP contribution in [0.15, 0.2) is 12.1 Å². The maximum Gasteiger partial charge on any atom is 0.252 e. The van der Waals surface area contributed by atoms with Crippen LogP contribution in [0.2, 0.25) is 5.15 Å². The van der Waals surface area contributed by atoms with Gasteiger partial charge < -0.3 is 10.6 Å². The molecule has 0 aliphatic carbocycles. The summed E-state index contributed by atoms with van der Waals surface area (Å²) in [6.07, 6.45) is 0. The molecule has 1 rings (SSSR count). The number of likely N-dealkylation sites (N-methyl/N-ethyl adjacent to an activating group) is 1. The van der Waals surface area contributed by atoms with Gasteiger partial charge in [0.25, 0.3) is 5.91 Å². The summed E-state index contributed by atoms with van der Waals surface area (Å²) in [4.78, 5) is 27.8. The lowest BCUT2D eigenvalue weighted by Gasteiger charge is -2.19. The summed E-state index contributed by atoms with van der Waals surface area (Å²) < 4.78 is 0. The second kappa shape index (κ2) is 6.22. The highest BCUT2D eigenvalue weighted by Gasteiger charge is 2.20. The summed E-state index contributed by atoms with van der Waals surface area (Å²) in [5.74, 6) is -0.606. The SMILES string of the molecule is CNC(=O)C(C)NC(=O)c1cc(Cl)nc(C(C)(C)C)c1. The van der Waals surface area contributed by atoms with Crippen LogP contribution in [-0.4, -0.2) is 29.9 Å². The minimum atomic E-state index is -0.613. The Morgan fingerprint density at radius 1 is 1.30 bits per heavy atom. The molecule has 0 saturated carbocycles. The van der Waals surface area contributed by atoms with E-state index in [1.165, 1.54) is 13.1 Å². The van der Waals surface area contributed by atoms with Crippen LogP contribution in [0.5, 0.6) is 0 Å². The average Bonchev–Trinajstić information content (AvgIpc) is 2.35. The number of carbonyl (C=O) groups excluding carboxylic acids is 2. The summed E-state index contributed by atoms with van der Waals surface area (Å²) >= 11 is 5.96. The molecule has 2 N–H and O–H groups in total. The summed E-state index contributed by atoms with van der Waals surface area (Å²) in [7, 11) is 1.52. The summed E-state index contributed by atoms with van der Waals surface area (Å²) in [5, 5.41) is 5.35. The van der Waals surface area contributed by atoms with Gasteiger partial charge in [-0.25, -0.2) is 4.98 Å². The number of nitrogens with one attached hydrogen (secondary N) is 2. The number of rotatable bonds is 3. The van der Waals surface area contributed by atoms with E-state index in [2.05, 4.69) is 15.6 Å². The van der Waals surface area contributed by atoms with Crippen molar-refractivity contribution in [1.82, 2.24) is 15.6 Å². The molecule has 0 fully saturated rings. The molecule has 20 heavy (non-hydrogen) atoms. The molecule has 1 atom stereocenters. The van der Waals surface area contributed by atoms with Crippen molar-refractivity contribution in [2.45, 2.75) is 39.2 Å². The molecule has 2 amide bonds. The molecule has 110 valence electrons. The Kier molecular flexibility index (Phi) is 5.11. The van der Waals surface area contributed by atoms with E-state index >= 15 is 0 Å². The first kappa shape index (κ1) is 16.4. The highest BCUT2D eigenvalue weighted by atomic mass is 35.5. The molecule has 0 spiro atoms. The molecule has 5 nitrogen and oxygen atoms in total. The number of hydrogen-bond acceptors (Lipinski definition) is 3. The number of carbonyl (C=O) groups is 2. The van der Waals surface area contributed by atoms with Crippen LogP contribution in [0.4, 0.5) is 0 Å². The Hall–Kier alpha value is -1.62. The lowest BCUT2D eigenvalue weighted by molar-refractivity contribution is -0.122. The number of amides is 2. The van der Waals surface area contributed by atoms with E-state index in [1.807, 2.05) is 20.8 Å². The maximum atomic E-state index is 12.1. The van der Waals surface area contributed by atoms with E-state index in [4.69, 9.17) is 11.6 Å². The third kappa shape index (κ3) is 4.20. The summed E-state index contributed by atoms with van der Waals surface area (Å²) in [5.41, 5.74) is 0.903. The van der Waals surface area contributed by atoms with Crippen LogP contribution in [0, 0.1) is 0 Å². The first-order valence-electron chi connectivity index (χ1n) is 6.35. The standard InChI is InChI=1S/C14H20ClN3O2/c1-8(12(19)16-5)17-13(20)9-6-10(14(2,3)4)18-11(15)7-9/h6-8H,1-5H3,(H,16,19)(H,17,20). The van der Waals surface area contributed by atoms with Crippen molar-refractivity contribution in [3.63, 3.8) is 0 Å². The molecule has 0 aromatic carbocycles. The zero-order valence-electron chi connectivity index (χ0n) is 12.4. The van der Waals surface area contributed by atoms with E-state index in [0.29, 0.717) is 5.56 Å². The number of nitrogens with zero attached hydrogens (tertiary/aromatic N) is 1. The number of hydrogen-bond donors (Lipinski definition) is 2. The molecular formula is C14H20ClN3O2. The van der Waals surface area contributed by atoms with Crippen LogP contribution in [0.3, 0.4) is 0 Å². The van der Waals surface area contributed by atoms with Crippen molar-refractivity contribution < 1.29 is 9.59 Å². The lowest BCUT2D eigenvalue weighted by Crippen LogP contribution is -2.43. The summed E-state index contributed by atoms with van der Waals surface area (Å²) in [6.45, 7) is 7.58. The largest absolute Gasteiger partial charge is 0.357 e. The van der Waals surface area contributed by atoms with Gasteiger partial charge in [-0.2, -0.15) is 0 Å². The average molecular weight is 298 g/mol. The monoisotopic (exact) mass is 297 g/mol. The maximum absolute atomic E-state index is 12.1. The van der Waals surface area contributed by atoms with Gasteiger partial charge in [0.2, 0.25) is 5.91 Å². The van der Waals surface area contributed by atoms with E-state index in [9.17, 15) is 9.59 Å². The van der Waals surface area contributed by atoms with Crippen LogP contribution in [-0.2, 0) is 10.2 Å². The number of halogens is 1. The van der Waals surface area contributed by atoms with Gasteiger partial charge in [0.15, 0.2) is 0 Å². The molecule has 0 saturated heterocycles. The van der Waals surface area contributed by atoms with E-state index < -0.39 is 6.04 Å². The Morgan fingerprint density at radius 2 is 1.90 bits per heavy atom. The van der Waals surface area contributed by atoms with Crippen molar-refractivity contribution >= 4 is 23.4 Å². The Bertz CT molecular complexity index is 524. The van der Waals surface area contributed by atoms with Crippen LogP contribution in [0.25, 0.3) is 0 Å². The molecule has 1 aromatic heterocycles. The molecule has 0 aliphatic rings. The fraction of sp³-hybridized carbons (Fsp3) is 0.500. The predicted molar refractivity (Wildman–Crippen MR) is 78.9 cm³/mol. The minimum absolute atomic E-state index is 0.216. The Labute approximate surface area is 124 Å². The second-order valence-electron chi connectivity index (χ2n) is 5.62. The van der Waals surface area contributed by atoms with Gasteiger partial charge in [-0.05, 0) is 19.1 Å². The zero-order chi connectivity index (χ0) is 15.5. The molecule has 1 heterocycles. The second-order valence-corrected chi connectivity index (χ2v) is 6.01. The van der Waals surface area contributed by atoms with Crippen molar-refractivity contribution in [1.29, 1.82) is 0 Å². The van der Waals surface area contributed by atoms with Crippen molar-refractivity contribution in [2.75, 3.05) is 7.05 Å².